The monoisotopic (exact) mass is 324 g/mol. The molecule has 0 spiro atoms. The van der Waals surface area contributed by atoms with Gasteiger partial charge in [0.05, 0.1) is 5.25 Å². The molecule has 0 bridgehead atoms. The van der Waals surface area contributed by atoms with Gasteiger partial charge in [-0.3, -0.25) is 4.79 Å². The summed E-state index contributed by atoms with van der Waals surface area (Å²) in [7, 11) is 0. The van der Waals surface area contributed by atoms with E-state index in [1.807, 2.05) is 4.57 Å². The Morgan fingerprint density at radius 1 is 1.41 bits per heavy atom. The Labute approximate surface area is 130 Å². The lowest BCUT2D eigenvalue weighted by Crippen LogP contribution is -2.24. The molecule has 0 radical (unpaired) electrons. The molecule has 1 heterocycles. The highest BCUT2D eigenvalue weighted by Crippen LogP contribution is 2.38. The minimum atomic E-state index is -0.799. The van der Waals surface area contributed by atoms with Crippen LogP contribution < -0.4 is 5.32 Å². The van der Waals surface area contributed by atoms with E-state index in [0.29, 0.717) is 11.2 Å². The van der Waals surface area contributed by atoms with Crippen molar-refractivity contribution in [1.82, 2.24) is 14.8 Å². The summed E-state index contributed by atoms with van der Waals surface area (Å²) in [6.07, 6.45) is 3.79. The number of nitrogens with zero attached hydrogens (tertiary/aromatic N) is 3. The highest BCUT2D eigenvalue weighted by Gasteiger charge is 2.28. The summed E-state index contributed by atoms with van der Waals surface area (Å²) >= 11 is 1.22. The molecule has 5 nitrogen and oxygen atoms in total. The van der Waals surface area contributed by atoms with E-state index in [9.17, 15) is 13.6 Å². The molecule has 1 N–H and O–H groups in total. The Bertz CT molecular complexity index is 682. The molecule has 1 amide bonds. The molecule has 1 aromatic heterocycles. The number of amides is 1. The second kappa shape index (κ2) is 6.04. The molecule has 8 heteroatoms. The van der Waals surface area contributed by atoms with Crippen molar-refractivity contribution in [2.75, 3.05) is 5.32 Å². The summed E-state index contributed by atoms with van der Waals surface area (Å²) in [5.41, 5.74) is -0.427. The number of para-hydroxylation sites is 1. The number of anilines is 1. The van der Waals surface area contributed by atoms with E-state index >= 15 is 0 Å². The molecule has 1 aliphatic carbocycles. The maximum Gasteiger partial charge on any atom is 0.237 e. The van der Waals surface area contributed by atoms with Gasteiger partial charge in [-0.15, -0.1) is 10.2 Å². The molecule has 3 rings (SSSR count). The van der Waals surface area contributed by atoms with Crippen molar-refractivity contribution < 1.29 is 13.6 Å². The van der Waals surface area contributed by atoms with E-state index in [4.69, 9.17) is 0 Å². The predicted molar refractivity (Wildman–Crippen MR) is 78.6 cm³/mol. The van der Waals surface area contributed by atoms with Crippen LogP contribution in [-0.2, 0) is 4.79 Å². The average Bonchev–Trinajstić information content (AvgIpc) is 3.23. The first-order valence-corrected chi connectivity index (χ1v) is 7.75. The lowest BCUT2D eigenvalue weighted by molar-refractivity contribution is -0.115. The fourth-order valence-electron chi connectivity index (χ4n) is 1.97. The Balaban J connectivity index is 1.68. The van der Waals surface area contributed by atoms with Crippen LogP contribution >= 0.6 is 11.8 Å². The molecular weight excluding hydrogens is 310 g/mol. The van der Waals surface area contributed by atoms with Crippen molar-refractivity contribution in [3.05, 3.63) is 36.2 Å². The molecule has 22 heavy (non-hydrogen) atoms. The summed E-state index contributed by atoms with van der Waals surface area (Å²) in [6, 6.07) is 3.84. The van der Waals surface area contributed by atoms with Crippen LogP contribution in [0, 0.1) is 11.6 Å². The molecule has 1 aromatic carbocycles. The van der Waals surface area contributed by atoms with Crippen LogP contribution in [0.15, 0.2) is 29.7 Å². The first-order valence-electron chi connectivity index (χ1n) is 6.87. The molecule has 1 atom stereocenters. The summed E-state index contributed by atoms with van der Waals surface area (Å²) in [4.78, 5) is 12.1. The zero-order chi connectivity index (χ0) is 15.7. The van der Waals surface area contributed by atoms with Gasteiger partial charge in [0, 0.05) is 6.04 Å². The van der Waals surface area contributed by atoms with Crippen molar-refractivity contribution in [1.29, 1.82) is 0 Å². The summed E-state index contributed by atoms with van der Waals surface area (Å²) < 4.78 is 29.0. The highest BCUT2D eigenvalue weighted by atomic mass is 32.2. The summed E-state index contributed by atoms with van der Waals surface area (Å²) in [5, 5.41) is 10.2. The third-order valence-electron chi connectivity index (χ3n) is 3.34. The van der Waals surface area contributed by atoms with E-state index in [-0.39, 0.29) is 0 Å². The Morgan fingerprint density at radius 3 is 2.73 bits per heavy atom. The van der Waals surface area contributed by atoms with Gasteiger partial charge in [-0.1, -0.05) is 17.8 Å². The molecule has 0 saturated heterocycles. The van der Waals surface area contributed by atoms with E-state index in [2.05, 4.69) is 15.5 Å². The minimum absolute atomic E-state index is 0.400. The Morgan fingerprint density at radius 2 is 2.09 bits per heavy atom. The highest BCUT2D eigenvalue weighted by molar-refractivity contribution is 8.00. The molecule has 1 fully saturated rings. The van der Waals surface area contributed by atoms with E-state index in [1.165, 1.54) is 17.8 Å². The number of aromatic nitrogens is 3. The smallest absolute Gasteiger partial charge is 0.237 e. The van der Waals surface area contributed by atoms with Crippen LogP contribution in [-0.4, -0.2) is 25.9 Å². The molecule has 1 aliphatic rings. The van der Waals surface area contributed by atoms with Gasteiger partial charge in [-0.25, -0.2) is 8.78 Å². The number of carbonyl (C=O) groups is 1. The van der Waals surface area contributed by atoms with Crippen LogP contribution in [0.2, 0.25) is 0 Å². The number of hydrogen-bond donors (Lipinski definition) is 1. The maximum absolute atomic E-state index is 13.5. The van der Waals surface area contributed by atoms with Gasteiger partial charge in [0.15, 0.2) is 5.16 Å². The van der Waals surface area contributed by atoms with Crippen molar-refractivity contribution in [3.63, 3.8) is 0 Å². The molecule has 1 unspecified atom stereocenters. The second-order valence-corrected chi connectivity index (χ2v) is 6.41. The quantitative estimate of drug-likeness (QED) is 0.859. The van der Waals surface area contributed by atoms with E-state index < -0.39 is 28.5 Å². The van der Waals surface area contributed by atoms with E-state index in [0.717, 1.165) is 25.0 Å². The number of nitrogens with one attached hydrogen (secondary N) is 1. The minimum Gasteiger partial charge on any atom is -0.320 e. The van der Waals surface area contributed by atoms with Gasteiger partial charge in [-0.05, 0) is 31.9 Å². The van der Waals surface area contributed by atoms with Crippen LogP contribution in [0.4, 0.5) is 14.5 Å². The van der Waals surface area contributed by atoms with Crippen LogP contribution in [0.1, 0.15) is 25.8 Å². The number of benzene rings is 1. The fraction of sp³-hybridized carbons (Fsp3) is 0.357. The second-order valence-electron chi connectivity index (χ2n) is 5.10. The van der Waals surface area contributed by atoms with Crippen LogP contribution in [0.3, 0.4) is 0 Å². The van der Waals surface area contributed by atoms with Gasteiger partial charge in [0.25, 0.3) is 0 Å². The largest absolute Gasteiger partial charge is 0.320 e. The Hall–Kier alpha value is -1.96. The average molecular weight is 324 g/mol. The maximum atomic E-state index is 13.5. The Kier molecular flexibility index (Phi) is 4.10. The lowest BCUT2D eigenvalue weighted by Gasteiger charge is -2.13. The molecule has 116 valence electrons. The first-order chi connectivity index (χ1) is 10.6. The summed E-state index contributed by atoms with van der Waals surface area (Å²) in [5.74, 6) is -2.09. The number of thioether (sulfide) groups is 1. The normalized spacial score (nSPS) is 15.6. The number of carbonyl (C=O) groups excluding carboxylic acids is 1. The van der Waals surface area contributed by atoms with Gasteiger partial charge < -0.3 is 9.88 Å². The van der Waals surface area contributed by atoms with Gasteiger partial charge in [-0.2, -0.15) is 0 Å². The van der Waals surface area contributed by atoms with Crippen LogP contribution in [0.5, 0.6) is 0 Å². The van der Waals surface area contributed by atoms with E-state index in [1.54, 1.807) is 13.3 Å². The summed E-state index contributed by atoms with van der Waals surface area (Å²) in [6.45, 7) is 1.66. The standard InChI is InChI=1S/C14H14F2N4OS/c1-8(22-14-19-17-7-20(14)9-5-6-9)13(21)18-12-10(15)3-2-4-11(12)16/h2-4,7-9H,5-6H2,1H3,(H,18,21). The van der Waals surface area contributed by atoms with Crippen molar-refractivity contribution in [2.24, 2.45) is 0 Å². The molecule has 2 aromatic rings. The topological polar surface area (TPSA) is 59.8 Å². The fourth-order valence-corrected chi connectivity index (χ4v) is 2.87. The third-order valence-corrected chi connectivity index (χ3v) is 4.41. The number of halogens is 2. The number of hydrogen-bond acceptors (Lipinski definition) is 4. The van der Waals surface area contributed by atoms with Crippen molar-refractivity contribution in [2.45, 2.75) is 36.2 Å². The molecule has 1 saturated carbocycles. The predicted octanol–water partition coefficient (Wildman–Crippen LogP) is 3.01. The van der Waals surface area contributed by atoms with Crippen molar-refractivity contribution in [3.8, 4) is 0 Å². The third kappa shape index (κ3) is 3.11. The van der Waals surface area contributed by atoms with Crippen molar-refractivity contribution >= 4 is 23.4 Å². The molecular formula is C14H14F2N4OS. The zero-order valence-corrected chi connectivity index (χ0v) is 12.6. The zero-order valence-electron chi connectivity index (χ0n) is 11.8. The first kappa shape index (κ1) is 15.0. The van der Waals surface area contributed by atoms with Gasteiger partial charge >= 0.3 is 0 Å². The number of rotatable bonds is 5. The van der Waals surface area contributed by atoms with Crippen LogP contribution in [0.25, 0.3) is 0 Å². The lowest BCUT2D eigenvalue weighted by atomic mass is 10.3. The SMILES string of the molecule is CC(Sc1nncn1C1CC1)C(=O)Nc1c(F)cccc1F. The van der Waals surface area contributed by atoms with Gasteiger partial charge in [0.2, 0.25) is 5.91 Å². The molecule has 0 aliphatic heterocycles. The van der Waals surface area contributed by atoms with Gasteiger partial charge in [0.1, 0.15) is 23.6 Å².